The van der Waals surface area contributed by atoms with Crippen LogP contribution >= 0.6 is 0 Å². The second kappa shape index (κ2) is 5.50. The number of benzene rings is 2. The number of rotatable bonds is 4. The average Bonchev–Trinajstić information content (AvgIpc) is 2.95. The Morgan fingerprint density at radius 1 is 1.00 bits per heavy atom. The third kappa shape index (κ3) is 2.58. The lowest BCUT2D eigenvalue weighted by atomic mass is 9.89. The molecule has 106 valence electrons. The van der Waals surface area contributed by atoms with E-state index in [0.29, 0.717) is 11.1 Å². The van der Waals surface area contributed by atoms with E-state index in [-0.39, 0.29) is 5.78 Å². The third-order valence-corrected chi connectivity index (χ3v) is 3.76. The molecular formula is C17H15NO3. The second-order valence-electron chi connectivity index (χ2n) is 5.13. The number of aliphatic carboxylic acids is 1. The number of carboxylic acid groups (broad SMARTS) is 1. The normalized spacial score (nSPS) is 14.5. The Morgan fingerprint density at radius 2 is 1.71 bits per heavy atom. The van der Waals surface area contributed by atoms with Crippen LogP contribution in [0.1, 0.15) is 33.0 Å². The molecule has 1 unspecified atom stereocenters. The van der Waals surface area contributed by atoms with Crippen molar-refractivity contribution < 1.29 is 14.7 Å². The Kier molecular flexibility index (Phi) is 3.54. The van der Waals surface area contributed by atoms with Crippen LogP contribution in [-0.2, 0) is 17.9 Å². The Labute approximate surface area is 122 Å². The van der Waals surface area contributed by atoms with Crippen molar-refractivity contribution in [3.05, 3.63) is 70.8 Å². The number of hydrogen-bond acceptors (Lipinski definition) is 3. The zero-order valence-corrected chi connectivity index (χ0v) is 11.4. The fourth-order valence-electron chi connectivity index (χ4n) is 2.67. The summed E-state index contributed by atoms with van der Waals surface area (Å²) in [4.78, 5) is 24.1. The molecule has 1 aliphatic heterocycles. The van der Waals surface area contributed by atoms with Crippen LogP contribution in [-0.4, -0.2) is 16.9 Å². The van der Waals surface area contributed by atoms with Crippen LogP contribution in [0, 0.1) is 0 Å². The number of carbonyl (C=O) groups is 2. The van der Waals surface area contributed by atoms with Crippen molar-refractivity contribution in [2.45, 2.75) is 19.0 Å². The van der Waals surface area contributed by atoms with Gasteiger partial charge in [0.25, 0.3) is 0 Å². The second-order valence-corrected chi connectivity index (χ2v) is 5.13. The lowest BCUT2D eigenvalue weighted by molar-refractivity contribution is -0.137. The molecule has 0 radical (unpaired) electrons. The summed E-state index contributed by atoms with van der Waals surface area (Å²) in [6, 6.07) is 14.0. The van der Waals surface area contributed by atoms with Gasteiger partial charge < -0.3 is 10.4 Å². The standard InChI is InChI=1S/C17H15NO3/c19-16(11-4-2-1-3-5-11)15(17(20)21)12-6-7-13-9-18-10-14(13)8-12/h1-8,15,18H,9-10H2,(H,20,21). The van der Waals surface area contributed by atoms with Crippen LogP contribution in [0.25, 0.3) is 0 Å². The van der Waals surface area contributed by atoms with E-state index >= 15 is 0 Å². The minimum atomic E-state index is -1.15. The molecule has 0 aliphatic carbocycles. The van der Waals surface area contributed by atoms with E-state index in [1.165, 1.54) is 0 Å². The van der Waals surface area contributed by atoms with Crippen LogP contribution in [0.2, 0.25) is 0 Å². The summed E-state index contributed by atoms with van der Waals surface area (Å²) in [6.45, 7) is 1.51. The lowest BCUT2D eigenvalue weighted by Gasteiger charge is -2.13. The van der Waals surface area contributed by atoms with Crippen molar-refractivity contribution in [2.24, 2.45) is 0 Å². The molecule has 1 atom stereocenters. The lowest BCUT2D eigenvalue weighted by Crippen LogP contribution is -2.22. The van der Waals surface area contributed by atoms with Gasteiger partial charge in [0.2, 0.25) is 0 Å². The summed E-state index contributed by atoms with van der Waals surface area (Å²) in [6.07, 6.45) is 0. The number of ketones is 1. The van der Waals surface area contributed by atoms with Gasteiger partial charge in [0.05, 0.1) is 0 Å². The maximum absolute atomic E-state index is 12.5. The summed E-state index contributed by atoms with van der Waals surface area (Å²) in [5.74, 6) is -2.65. The van der Waals surface area contributed by atoms with Gasteiger partial charge in [0.1, 0.15) is 5.92 Å². The Morgan fingerprint density at radius 3 is 2.43 bits per heavy atom. The Balaban J connectivity index is 1.99. The van der Waals surface area contributed by atoms with Gasteiger partial charge in [-0.25, -0.2) is 0 Å². The summed E-state index contributed by atoms with van der Waals surface area (Å²) in [5.41, 5.74) is 3.19. The smallest absolute Gasteiger partial charge is 0.318 e. The summed E-state index contributed by atoms with van der Waals surface area (Å²) >= 11 is 0. The number of carboxylic acids is 1. The van der Waals surface area contributed by atoms with Crippen molar-refractivity contribution in [3.8, 4) is 0 Å². The van der Waals surface area contributed by atoms with E-state index < -0.39 is 11.9 Å². The summed E-state index contributed by atoms with van der Waals surface area (Å²) in [5, 5.41) is 12.7. The minimum absolute atomic E-state index is 0.381. The van der Waals surface area contributed by atoms with E-state index in [4.69, 9.17) is 0 Å². The molecule has 4 heteroatoms. The van der Waals surface area contributed by atoms with Gasteiger partial charge in [0.15, 0.2) is 5.78 Å². The largest absolute Gasteiger partial charge is 0.480 e. The Bertz CT molecular complexity index is 694. The van der Waals surface area contributed by atoms with Gasteiger partial charge in [-0.05, 0) is 16.7 Å². The van der Waals surface area contributed by atoms with E-state index in [0.717, 1.165) is 24.2 Å². The molecule has 21 heavy (non-hydrogen) atoms. The molecule has 0 amide bonds. The zero-order valence-electron chi connectivity index (χ0n) is 11.4. The molecule has 1 aliphatic rings. The molecule has 2 aromatic rings. The quantitative estimate of drug-likeness (QED) is 0.667. The molecular weight excluding hydrogens is 266 g/mol. The number of nitrogens with one attached hydrogen (secondary N) is 1. The predicted molar refractivity (Wildman–Crippen MR) is 78.1 cm³/mol. The summed E-state index contributed by atoms with van der Waals surface area (Å²) < 4.78 is 0. The van der Waals surface area contributed by atoms with E-state index in [2.05, 4.69) is 5.32 Å². The van der Waals surface area contributed by atoms with Gasteiger partial charge in [0, 0.05) is 18.7 Å². The topological polar surface area (TPSA) is 66.4 Å². The maximum Gasteiger partial charge on any atom is 0.318 e. The van der Waals surface area contributed by atoms with Crippen LogP contribution in [0.5, 0.6) is 0 Å². The van der Waals surface area contributed by atoms with Crippen molar-refractivity contribution in [1.82, 2.24) is 5.32 Å². The predicted octanol–water partition coefficient (Wildman–Crippen LogP) is 2.34. The van der Waals surface area contributed by atoms with Gasteiger partial charge in [-0.15, -0.1) is 0 Å². The highest BCUT2D eigenvalue weighted by molar-refractivity contribution is 6.12. The van der Waals surface area contributed by atoms with E-state index in [9.17, 15) is 14.7 Å². The fraction of sp³-hybridized carbons (Fsp3) is 0.176. The summed E-state index contributed by atoms with van der Waals surface area (Å²) in [7, 11) is 0. The number of fused-ring (bicyclic) bond motifs is 1. The number of Topliss-reactive ketones (excluding diaryl/α,β-unsaturated/α-hetero) is 1. The van der Waals surface area contributed by atoms with Crippen molar-refractivity contribution in [3.63, 3.8) is 0 Å². The molecule has 0 saturated heterocycles. The first kappa shape index (κ1) is 13.5. The highest BCUT2D eigenvalue weighted by atomic mass is 16.4. The monoisotopic (exact) mass is 281 g/mol. The number of carbonyl (C=O) groups excluding carboxylic acids is 1. The van der Waals surface area contributed by atoms with Gasteiger partial charge in [-0.1, -0.05) is 48.5 Å². The first-order chi connectivity index (χ1) is 10.2. The molecule has 3 rings (SSSR count). The Hall–Kier alpha value is -2.46. The molecule has 2 N–H and O–H groups in total. The average molecular weight is 281 g/mol. The maximum atomic E-state index is 12.5. The number of hydrogen-bond donors (Lipinski definition) is 2. The van der Waals surface area contributed by atoms with Gasteiger partial charge in [-0.2, -0.15) is 0 Å². The minimum Gasteiger partial charge on any atom is -0.480 e. The van der Waals surface area contributed by atoms with Crippen molar-refractivity contribution in [2.75, 3.05) is 0 Å². The molecule has 2 aromatic carbocycles. The molecule has 0 spiro atoms. The van der Waals surface area contributed by atoms with Crippen LogP contribution < -0.4 is 5.32 Å². The SMILES string of the molecule is O=C(O)C(C(=O)c1ccccc1)c1ccc2c(c1)CNC2. The molecule has 4 nitrogen and oxygen atoms in total. The molecule has 0 bridgehead atoms. The molecule has 0 fully saturated rings. The first-order valence-corrected chi connectivity index (χ1v) is 6.81. The molecule has 0 saturated carbocycles. The molecule has 1 heterocycles. The van der Waals surface area contributed by atoms with Crippen molar-refractivity contribution in [1.29, 1.82) is 0 Å². The van der Waals surface area contributed by atoms with E-state index in [1.807, 2.05) is 12.1 Å². The fourth-order valence-corrected chi connectivity index (χ4v) is 2.67. The van der Waals surface area contributed by atoms with Crippen LogP contribution in [0.15, 0.2) is 48.5 Å². The zero-order chi connectivity index (χ0) is 14.8. The van der Waals surface area contributed by atoms with Crippen LogP contribution in [0.3, 0.4) is 0 Å². The van der Waals surface area contributed by atoms with Crippen molar-refractivity contribution >= 4 is 11.8 Å². The highest BCUT2D eigenvalue weighted by Gasteiger charge is 2.29. The third-order valence-electron chi connectivity index (χ3n) is 3.76. The van der Waals surface area contributed by atoms with Gasteiger partial charge in [-0.3, -0.25) is 9.59 Å². The molecule has 0 aromatic heterocycles. The first-order valence-electron chi connectivity index (χ1n) is 6.81. The van der Waals surface area contributed by atoms with E-state index in [1.54, 1.807) is 36.4 Å². The van der Waals surface area contributed by atoms with Crippen LogP contribution in [0.4, 0.5) is 0 Å². The van der Waals surface area contributed by atoms with Gasteiger partial charge >= 0.3 is 5.97 Å². The highest BCUT2D eigenvalue weighted by Crippen LogP contribution is 2.26.